The van der Waals surface area contributed by atoms with Gasteiger partial charge in [0.25, 0.3) is 0 Å². The average Bonchev–Trinajstić information content (AvgIpc) is 3.23. The van der Waals surface area contributed by atoms with Crippen molar-refractivity contribution in [3.63, 3.8) is 0 Å². The first-order valence-corrected chi connectivity index (χ1v) is 8.09. The lowest BCUT2D eigenvalue weighted by atomic mass is 10.1. The van der Waals surface area contributed by atoms with E-state index in [0.717, 1.165) is 0 Å². The van der Waals surface area contributed by atoms with Gasteiger partial charge in [-0.1, -0.05) is 11.3 Å². The maximum Gasteiger partial charge on any atom is 0.231 e. The predicted molar refractivity (Wildman–Crippen MR) is 88.5 cm³/mol. The van der Waals surface area contributed by atoms with Crippen LogP contribution in [0.3, 0.4) is 0 Å². The quantitative estimate of drug-likeness (QED) is 0.881. The zero-order valence-electron chi connectivity index (χ0n) is 13.2. The van der Waals surface area contributed by atoms with Crippen LogP contribution in [0.1, 0.15) is 6.42 Å². The van der Waals surface area contributed by atoms with Crippen LogP contribution in [0.15, 0.2) is 23.7 Å². The molecule has 126 valence electrons. The topological polar surface area (TPSA) is 93.6 Å². The van der Waals surface area contributed by atoms with Gasteiger partial charge in [0.1, 0.15) is 17.0 Å². The Labute approximate surface area is 142 Å². The fourth-order valence-electron chi connectivity index (χ4n) is 2.56. The van der Waals surface area contributed by atoms with Crippen molar-refractivity contribution in [1.29, 1.82) is 0 Å². The van der Waals surface area contributed by atoms with Gasteiger partial charge in [-0.15, -0.1) is 10.2 Å². The summed E-state index contributed by atoms with van der Waals surface area (Å²) in [6.45, 7) is 0.284. The fraction of sp³-hybridized carbons (Fsp3) is 0.333. The molecule has 1 aromatic heterocycles. The minimum absolute atomic E-state index is 0.129. The Morgan fingerprint density at radius 1 is 1.38 bits per heavy atom. The van der Waals surface area contributed by atoms with Gasteiger partial charge in [0.05, 0.1) is 25.8 Å². The van der Waals surface area contributed by atoms with Gasteiger partial charge in [0.2, 0.25) is 16.9 Å². The number of rotatable bonds is 5. The lowest BCUT2D eigenvalue weighted by molar-refractivity contribution is -0.122. The molecule has 2 aromatic rings. The van der Waals surface area contributed by atoms with Gasteiger partial charge in [-0.25, -0.2) is 0 Å². The average molecular weight is 348 g/mol. The molecule has 1 N–H and O–H groups in total. The van der Waals surface area contributed by atoms with E-state index in [1.165, 1.54) is 24.0 Å². The molecule has 1 atom stereocenters. The molecular formula is C15H16N4O4S. The molecule has 3 rings (SSSR count). The van der Waals surface area contributed by atoms with Crippen LogP contribution in [0.4, 0.5) is 10.8 Å². The van der Waals surface area contributed by atoms with Crippen LogP contribution in [-0.2, 0) is 9.59 Å². The van der Waals surface area contributed by atoms with Crippen molar-refractivity contribution in [1.82, 2.24) is 10.2 Å². The zero-order chi connectivity index (χ0) is 17.1. The smallest absolute Gasteiger partial charge is 0.231 e. The lowest BCUT2D eigenvalue weighted by Gasteiger charge is -2.20. The summed E-state index contributed by atoms with van der Waals surface area (Å²) in [5, 5.41) is 10.5. The summed E-state index contributed by atoms with van der Waals surface area (Å²) in [5.41, 5.74) is 2.15. The van der Waals surface area contributed by atoms with Gasteiger partial charge in [0.15, 0.2) is 0 Å². The Morgan fingerprint density at radius 3 is 2.88 bits per heavy atom. The molecule has 24 heavy (non-hydrogen) atoms. The lowest BCUT2D eigenvalue weighted by Crippen LogP contribution is -2.28. The summed E-state index contributed by atoms with van der Waals surface area (Å²) in [6, 6.07) is 5.21. The molecule has 2 amide bonds. The van der Waals surface area contributed by atoms with E-state index in [9.17, 15) is 9.59 Å². The van der Waals surface area contributed by atoms with Gasteiger partial charge in [0, 0.05) is 19.0 Å². The zero-order valence-corrected chi connectivity index (χ0v) is 14.0. The number of nitrogens with one attached hydrogen (secondary N) is 1. The number of carbonyl (C=O) groups is 2. The number of carbonyl (C=O) groups excluding carboxylic acids is 2. The molecule has 9 heteroatoms. The Kier molecular flexibility index (Phi) is 4.61. The molecule has 0 spiro atoms. The highest BCUT2D eigenvalue weighted by molar-refractivity contribution is 7.13. The fourth-order valence-corrected chi connectivity index (χ4v) is 3.01. The van der Waals surface area contributed by atoms with Crippen molar-refractivity contribution in [2.45, 2.75) is 6.42 Å². The number of hydrogen-bond acceptors (Lipinski definition) is 7. The predicted octanol–water partition coefficient (Wildman–Crippen LogP) is 1.55. The molecule has 8 nitrogen and oxygen atoms in total. The summed E-state index contributed by atoms with van der Waals surface area (Å²) < 4.78 is 10.5. The van der Waals surface area contributed by atoms with Gasteiger partial charge in [-0.2, -0.15) is 0 Å². The first-order valence-electron chi connectivity index (χ1n) is 7.21. The van der Waals surface area contributed by atoms with Gasteiger partial charge >= 0.3 is 0 Å². The van der Waals surface area contributed by atoms with Crippen molar-refractivity contribution < 1.29 is 19.1 Å². The molecule has 0 bridgehead atoms. The molecule has 0 saturated carbocycles. The minimum Gasteiger partial charge on any atom is -0.497 e. The normalized spacial score (nSPS) is 17.0. The molecule has 0 radical (unpaired) electrons. The second-order valence-electron chi connectivity index (χ2n) is 5.18. The van der Waals surface area contributed by atoms with Gasteiger partial charge in [-0.3, -0.25) is 9.59 Å². The van der Waals surface area contributed by atoms with Gasteiger partial charge < -0.3 is 19.7 Å². The van der Waals surface area contributed by atoms with Gasteiger partial charge in [-0.05, 0) is 12.1 Å². The van der Waals surface area contributed by atoms with E-state index < -0.39 is 5.92 Å². The maximum atomic E-state index is 12.3. The van der Waals surface area contributed by atoms with E-state index in [2.05, 4.69) is 15.5 Å². The first-order chi connectivity index (χ1) is 11.6. The van der Waals surface area contributed by atoms with Crippen LogP contribution >= 0.6 is 11.3 Å². The third-order valence-corrected chi connectivity index (χ3v) is 4.37. The molecule has 0 aliphatic carbocycles. The highest BCUT2D eigenvalue weighted by Gasteiger charge is 2.36. The van der Waals surface area contributed by atoms with Crippen LogP contribution in [0.5, 0.6) is 11.5 Å². The van der Waals surface area contributed by atoms with E-state index in [1.807, 2.05) is 0 Å². The van der Waals surface area contributed by atoms with Crippen molar-refractivity contribution >= 4 is 34.0 Å². The minimum atomic E-state index is -0.451. The number of ether oxygens (including phenoxy) is 2. The van der Waals surface area contributed by atoms with E-state index in [1.54, 1.807) is 30.2 Å². The highest BCUT2D eigenvalue weighted by Crippen LogP contribution is 2.36. The van der Waals surface area contributed by atoms with Crippen LogP contribution in [-0.4, -0.2) is 42.8 Å². The summed E-state index contributed by atoms with van der Waals surface area (Å²) >= 11 is 1.23. The Bertz CT molecular complexity index is 750. The molecule has 2 heterocycles. The third kappa shape index (κ3) is 3.16. The SMILES string of the molecule is COc1ccc(N2CC(C(=O)Nc3nncs3)CC2=O)c(OC)c1. The molecule has 1 aliphatic heterocycles. The summed E-state index contributed by atoms with van der Waals surface area (Å²) in [5.74, 6) is 0.333. The number of methoxy groups -OCH3 is 2. The maximum absolute atomic E-state index is 12.3. The second-order valence-corrected chi connectivity index (χ2v) is 6.01. The molecule has 1 aromatic carbocycles. The molecule has 1 saturated heterocycles. The second kappa shape index (κ2) is 6.83. The van der Waals surface area contributed by atoms with E-state index in [0.29, 0.717) is 22.3 Å². The first kappa shape index (κ1) is 16.2. The molecule has 1 unspecified atom stereocenters. The number of anilines is 2. The van der Waals surface area contributed by atoms with Crippen molar-refractivity contribution in [2.24, 2.45) is 5.92 Å². The number of benzene rings is 1. The van der Waals surface area contributed by atoms with Crippen molar-refractivity contribution in [3.8, 4) is 11.5 Å². The van der Waals surface area contributed by atoms with E-state index >= 15 is 0 Å². The van der Waals surface area contributed by atoms with Crippen LogP contribution in [0.25, 0.3) is 0 Å². The van der Waals surface area contributed by atoms with E-state index in [4.69, 9.17) is 9.47 Å². The Balaban J connectivity index is 1.76. The van der Waals surface area contributed by atoms with Crippen molar-refractivity contribution in [2.75, 3.05) is 31.0 Å². The standard InChI is InChI=1S/C15H16N4O4S/c1-22-10-3-4-11(12(6-10)23-2)19-7-9(5-13(19)20)14(21)17-15-18-16-8-24-15/h3-4,6,8-9H,5,7H2,1-2H3,(H,17,18,21). The highest BCUT2D eigenvalue weighted by atomic mass is 32.1. The Morgan fingerprint density at radius 2 is 2.21 bits per heavy atom. The number of amides is 2. The van der Waals surface area contributed by atoms with Crippen LogP contribution in [0.2, 0.25) is 0 Å². The number of hydrogen-bond donors (Lipinski definition) is 1. The monoisotopic (exact) mass is 348 g/mol. The number of nitrogens with zero attached hydrogens (tertiary/aromatic N) is 3. The summed E-state index contributed by atoms with van der Waals surface area (Å²) in [6.07, 6.45) is 0.139. The molecule has 1 aliphatic rings. The van der Waals surface area contributed by atoms with Crippen LogP contribution < -0.4 is 19.7 Å². The summed E-state index contributed by atoms with van der Waals surface area (Å²) in [7, 11) is 3.09. The Hall–Kier alpha value is -2.68. The summed E-state index contributed by atoms with van der Waals surface area (Å²) in [4.78, 5) is 26.2. The van der Waals surface area contributed by atoms with Crippen molar-refractivity contribution in [3.05, 3.63) is 23.7 Å². The third-order valence-electron chi connectivity index (χ3n) is 3.76. The van der Waals surface area contributed by atoms with E-state index in [-0.39, 0.29) is 24.8 Å². The molecule has 1 fully saturated rings. The number of aromatic nitrogens is 2. The molecular weight excluding hydrogens is 332 g/mol. The van der Waals surface area contributed by atoms with Crippen LogP contribution in [0, 0.1) is 5.92 Å². The largest absolute Gasteiger partial charge is 0.497 e.